The van der Waals surface area contributed by atoms with Crippen LogP contribution in [0, 0.1) is 5.82 Å². The fraction of sp³-hybridized carbons (Fsp3) is 0.118. The number of nitrogens with zero attached hydrogens (tertiary/aromatic N) is 1. The van der Waals surface area contributed by atoms with Crippen LogP contribution in [-0.2, 0) is 16.6 Å². The molecular formula is C17H15FN2O2S. The van der Waals surface area contributed by atoms with Crippen LogP contribution in [0.5, 0.6) is 0 Å². The number of hydrogen-bond donors (Lipinski definition) is 1. The van der Waals surface area contributed by atoms with Gasteiger partial charge in [0.15, 0.2) is 0 Å². The van der Waals surface area contributed by atoms with Crippen LogP contribution >= 0.6 is 0 Å². The van der Waals surface area contributed by atoms with Gasteiger partial charge in [-0.3, -0.25) is 9.71 Å². The third-order valence-electron chi connectivity index (χ3n) is 3.60. The van der Waals surface area contributed by atoms with Gasteiger partial charge in [-0.1, -0.05) is 48.5 Å². The molecule has 0 fully saturated rings. The van der Waals surface area contributed by atoms with Crippen molar-refractivity contribution in [3.05, 3.63) is 77.1 Å². The Balaban J connectivity index is 1.98. The zero-order valence-electron chi connectivity index (χ0n) is 12.5. The van der Waals surface area contributed by atoms with Gasteiger partial charge < -0.3 is 0 Å². The van der Waals surface area contributed by atoms with Crippen molar-refractivity contribution in [1.29, 1.82) is 0 Å². The highest BCUT2D eigenvalue weighted by molar-refractivity contribution is 8.00. The second-order valence-electron chi connectivity index (χ2n) is 5.18. The molecule has 23 heavy (non-hydrogen) atoms. The van der Waals surface area contributed by atoms with Gasteiger partial charge in [-0.05, 0) is 18.6 Å². The smallest absolute Gasteiger partial charge is 0.263 e. The van der Waals surface area contributed by atoms with Crippen LogP contribution in [0.3, 0.4) is 0 Å². The lowest BCUT2D eigenvalue weighted by molar-refractivity contribution is 0.603. The quantitative estimate of drug-likeness (QED) is 0.940. The maximum Gasteiger partial charge on any atom is 0.264 e. The molecule has 1 aliphatic heterocycles. The van der Waals surface area contributed by atoms with E-state index < -0.39 is 10.0 Å². The van der Waals surface area contributed by atoms with E-state index in [0.717, 1.165) is 0 Å². The minimum atomic E-state index is -3.65. The van der Waals surface area contributed by atoms with Crippen molar-refractivity contribution < 1.29 is 12.8 Å². The highest BCUT2D eigenvalue weighted by Crippen LogP contribution is 2.29. The molecule has 3 rings (SSSR count). The van der Waals surface area contributed by atoms with Gasteiger partial charge in [-0.2, -0.15) is 0 Å². The molecule has 0 radical (unpaired) electrons. The fourth-order valence-electron chi connectivity index (χ4n) is 2.47. The molecule has 0 aromatic heterocycles. The third-order valence-corrected chi connectivity index (χ3v) is 5.14. The number of hydrogen-bond acceptors (Lipinski definition) is 3. The van der Waals surface area contributed by atoms with E-state index in [4.69, 9.17) is 0 Å². The Morgan fingerprint density at radius 2 is 1.70 bits per heavy atom. The molecule has 0 unspecified atom stereocenters. The second-order valence-corrected chi connectivity index (χ2v) is 6.80. The second kappa shape index (κ2) is 5.96. The average molecular weight is 330 g/mol. The van der Waals surface area contributed by atoms with Gasteiger partial charge in [0.1, 0.15) is 16.6 Å². The molecule has 2 aromatic rings. The summed E-state index contributed by atoms with van der Waals surface area (Å²) in [6, 6.07) is 15.1. The fourth-order valence-corrected chi connectivity index (χ4v) is 3.99. The summed E-state index contributed by atoms with van der Waals surface area (Å²) in [5.74, 6) is -0.102. The monoisotopic (exact) mass is 330 g/mol. The van der Waals surface area contributed by atoms with Gasteiger partial charge in [-0.15, -0.1) is 0 Å². The van der Waals surface area contributed by atoms with E-state index in [1.807, 2.05) is 6.07 Å². The minimum Gasteiger partial charge on any atom is -0.263 e. The van der Waals surface area contributed by atoms with Crippen LogP contribution in [0.2, 0.25) is 0 Å². The van der Waals surface area contributed by atoms with Gasteiger partial charge in [0.2, 0.25) is 0 Å². The van der Waals surface area contributed by atoms with Crippen LogP contribution in [-0.4, -0.2) is 14.3 Å². The maximum atomic E-state index is 13.6. The summed E-state index contributed by atoms with van der Waals surface area (Å²) in [7, 11) is -3.65. The normalized spacial score (nSPS) is 18.3. The molecule has 0 aliphatic carbocycles. The van der Waals surface area contributed by atoms with Crippen LogP contribution in [0.25, 0.3) is 4.91 Å². The Hall–Kier alpha value is -2.47. The van der Waals surface area contributed by atoms with Gasteiger partial charge in [0.05, 0.1) is 6.54 Å². The number of halogens is 1. The Labute approximate surface area is 134 Å². The molecule has 0 atom stereocenters. The van der Waals surface area contributed by atoms with Crippen LogP contribution in [0.4, 0.5) is 4.39 Å². The average Bonchev–Trinajstić information content (AvgIpc) is 2.76. The lowest BCUT2D eigenvalue weighted by Gasteiger charge is -2.02. The molecule has 0 saturated heterocycles. The van der Waals surface area contributed by atoms with E-state index in [0.29, 0.717) is 16.7 Å². The highest BCUT2D eigenvalue weighted by Gasteiger charge is 2.32. The van der Waals surface area contributed by atoms with Gasteiger partial charge in [0, 0.05) is 11.1 Å². The summed E-state index contributed by atoms with van der Waals surface area (Å²) in [6.07, 6.45) is 0. The van der Waals surface area contributed by atoms with E-state index >= 15 is 0 Å². The number of sulfonamides is 1. The van der Waals surface area contributed by atoms with Crippen molar-refractivity contribution in [2.24, 2.45) is 4.99 Å². The molecule has 0 saturated carbocycles. The van der Waals surface area contributed by atoms with E-state index in [-0.39, 0.29) is 23.1 Å². The van der Waals surface area contributed by atoms with Crippen molar-refractivity contribution in [3.8, 4) is 0 Å². The summed E-state index contributed by atoms with van der Waals surface area (Å²) in [5, 5.41) is 0. The molecule has 4 nitrogen and oxygen atoms in total. The van der Waals surface area contributed by atoms with E-state index in [2.05, 4.69) is 9.71 Å². The van der Waals surface area contributed by atoms with Gasteiger partial charge in [0.25, 0.3) is 10.0 Å². The lowest BCUT2D eigenvalue weighted by atomic mass is 10.1. The zero-order valence-corrected chi connectivity index (χ0v) is 13.3. The van der Waals surface area contributed by atoms with Crippen molar-refractivity contribution in [2.75, 3.05) is 0 Å². The summed E-state index contributed by atoms with van der Waals surface area (Å²) in [4.78, 5) is 4.45. The molecule has 0 amide bonds. The predicted octanol–water partition coefficient (Wildman–Crippen LogP) is 3.09. The topological polar surface area (TPSA) is 58.5 Å². The molecule has 0 bridgehead atoms. The van der Waals surface area contributed by atoms with Gasteiger partial charge >= 0.3 is 0 Å². The van der Waals surface area contributed by atoms with Crippen molar-refractivity contribution in [3.63, 3.8) is 0 Å². The molecular weight excluding hydrogens is 315 g/mol. The molecule has 1 aliphatic rings. The van der Waals surface area contributed by atoms with Crippen LogP contribution in [0.15, 0.2) is 65.2 Å². The zero-order chi connectivity index (χ0) is 16.4. The summed E-state index contributed by atoms with van der Waals surface area (Å²) < 4.78 is 40.8. The molecule has 2 aromatic carbocycles. The molecule has 1 N–H and O–H groups in total. The van der Waals surface area contributed by atoms with Crippen molar-refractivity contribution >= 4 is 20.8 Å². The Bertz CT molecular complexity index is 903. The van der Waals surface area contributed by atoms with Crippen LogP contribution < -0.4 is 4.72 Å². The first-order chi connectivity index (χ1) is 11.0. The number of aliphatic imine (C=N–C) groups is 1. The molecule has 6 heteroatoms. The first kappa shape index (κ1) is 15.4. The third kappa shape index (κ3) is 3.03. The molecule has 0 spiro atoms. The van der Waals surface area contributed by atoms with E-state index in [1.165, 1.54) is 6.07 Å². The number of benzene rings is 2. The Morgan fingerprint density at radius 1 is 1.04 bits per heavy atom. The number of nitrogens with one attached hydrogen (secondary N) is 1. The van der Waals surface area contributed by atoms with Crippen LogP contribution in [0.1, 0.15) is 18.1 Å². The van der Waals surface area contributed by atoms with Crippen molar-refractivity contribution in [2.45, 2.75) is 13.5 Å². The predicted molar refractivity (Wildman–Crippen MR) is 88.6 cm³/mol. The highest BCUT2D eigenvalue weighted by atomic mass is 32.2. The summed E-state index contributed by atoms with van der Waals surface area (Å²) in [6.45, 7) is 1.77. The van der Waals surface area contributed by atoms with E-state index in [9.17, 15) is 12.8 Å². The lowest BCUT2D eigenvalue weighted by Crippen LogP contribution is -2.23. The first-order valence-electron chi connectivity index (χ1n) is 7.06. The number of amidine groups is 1. The SMILES string of the molecule is CC1=C(c2ccccc2)S(=O)(=O)NC1=NCc1ccccc1F. The summed E-state index contributed by atoms with van der Waals surface area (Å²) >= 11 is 0. The minimum absolute atomic E-state index is 0.0733. The Kier molecular flexibility index (Phi) is 4.00. The standard InChI is InChI=1S/C17H15FN2O2S/c1-12-16(13-7-3-2-4-8-13)23(21,22)20-17(12)19-11-14-9-5-6-10-15(14)18/h2-10H,11H2,1H3,(H,19,20). The summed E-state index contributed by atoms with van der Waals surface area (Å²) in [5.41, 5.74) is 1.56. The largest absolute Gasteiger partial charge is 0.264 e. The Morgan fingerprint density at radius 3 is 2.39 bits per heavy atom. The first-order valence-corrected chi connectivity index (χ1v) is 8.55. The molecule has 1 heterocycles. The van der Waals surface area contributed by atoms with Gasteiger partial charge in [-0.25, -0.2) is 12.8 Å². The maximum absolute atomic E-state index is 13.6. The van der Waals surface area contributed by atoms with E-state index in [1.54, 1.807) is 49.4 Å². The number of rotatable bonds is 3. The van der Waals surface area contributed by atoms with Crippen molar-refractivity contribution in [1.82, 2.24) is 4.72 Å². The molecule has 118 valence electrons.